The summed E-state index contributed by atoms with van der Waals surface area (Å²) in [7, 11) is 2.88. The van der Waals surface area contributed by atoms with Crippen molar-refractivity contribution in [3.8, 4) is 5.75 Å². The summed E-state index contributed by atoms with van der Waals surface area (Å²) >= 11 is 0. The minimum atomic E-state index is -1.25. The average Bonchev–Trinajstić information content (AvgIpc) is 2.50. The molecule has 1 N–H and O–H groups in total. The summed E-state index contributed by atoms with van der Waals surface area (Å²) < 4.78 is 9.89. The molecule has 0 bridgehead atoms. The summed E-state index contributed by atoms with van der Waals surface area (Å²) in [4.78, 5) is 14.0. The summed E-state index contributed by atoms with van der Waals surface area (Å²) in [6, 6.07) is 7.23. The Balaban J connectivity index is 3.27. The van der Waals surface area contributed by atoms with Gasteiger partial charge in [-0.1, -0.05) is 12.1 Å². The number of aliphatic hydroxyl groups excluding tert-OH is 1. The number of carbonyl (C=O) groups is 1. The van der Waals surface area contributed by atoms with Crippen LogP contribution >= 0.6 is 0 Å². The molecule has 0 heterocycles. The molecular weight excluding hydrogens is 282 g/mol. The van der Waals surface area contributed by atoms with E-state index in [1.807, 2.05) is 52.0 Å². The van der Waals surface area contributed by atoms with E-state index < -0.39 is 18.1 Å². The zero-order chi connectivity index (χ0) is 16.9. The van der Waals surface area contributed by atoms with Crippen molar-refractivity contribution >= 4 is 5.97 Å². The zero-order valence-electron chi connectivity index (χ0n) is 14.2. The molecule has 124 valence electrons. The van der Waals surface area contributed by atoms with Gasteiger partial charge in [0.05, 0.1) is 20.3 Å². The molecule has 0 aliphatic carbocycles. The van der Waals surface area contributed by atoms with E-state index in [0.717, 1.165) is 11.3 Å². The third-order valence-electron chi connectivity index (χ3n) is 3.71. The smallest absolute Gasteiger partial charge is 0.336 e. The molecule has 2 unspecified atom stereocenters. The first-order valence-electron chi connectivity index (χ1n) is 7.50. The van der Waals surface area contributed by atoms with Crippen molar-refractivity contribution in [3.05, 3.63) is 29.8 Å². The first-order valence-corrected chi connectivity index (χ1v) is 7.50. The van der Waals surface area contributed by atoms with Crippen molar-refractivity contribution in [3.63, 3.8) is 0 Å². The van der Waals surface area contributed by atoms with Crippen molar-refractivity contribution < 1.29 is 19.4 Å². The molecule has 0 aliphatic rings. The third-order valence-corrected chi connectivity index (χ3v) is 3.71. The maximum Gasteiger partial charge on any atom is 0.336 e. The van der Waals surface area contributed by atoms with Gasteiger partial charge in [-0.05, 0) is 45.4 Å². The van der Waals surface area contributed by atoms with Crippen molar-refractivity contribution in [1.82, 2.24) is 4.90 Å². The van der Waals surface area contributed by atoms with Gasteiger partial charge in [-0.3, -0.25) is 4.90 Å². The minimum absolute atomic E-state index is 0.159. The van der Waals surface area contributed by atoms with Crippen LogP contribution in [0.15, 0.2) is 24.3 Å². The Labute approximate surface area is 132 Å². The monoisotopic (exact) mass is 309 g/mol. The van der Waals surface area contributed by atoms with E-state index >= 15 is 0 Å². The van der Waals surface area contributed by atoms with Crippen LogP contribution in [0.5, 0.6) is 5.75 Å². The van der Waals surface area contributed by atoms with Crippen molar-refractivity contribution in [2.24, 2.45) is 0 Å². The van der Waals surface area contributed by atoms with Crippen LogP contribution in [-0.4, -0.2) is 48.4 Å². The van der Waals surface area contributed by atoms with Crippen LogP contribution in [0, 0.1) is 0 Å². The summed E-state index contributed by atoms with van der Waals surface area (Å²) in [5, 5.41) is 10.5. The molecule has 1 rings (SSSR count). The third kappa shape index (κ3) is 4.21. The van der Waals surface area contributed by atoms with Crippen LogP contribution in [0.4, 0.5) is 0 Å². The summed E-state index contributed by atoms with van der Waals surface area (Å²) in [5.41, 5.74) is 0.848. The van der Waals surface area contributed by atoms with Crippen LogP contribution in [0.1, 0.15) is 39.3 Å². The van der Waals surface area contributed by atoms with Crippen LogP contribution in [0.25, 0.3) is 0 Å². The molecule has 0 spiro atoms. The van der Waals surface area contributed by atoms with E-state index in [0.29, 0.717) is 0 Å². The molecule has 0 radical (unpaired) electrons. The van der Waals surface area contributed by atoms with E-state index in [1.54, 1.807) is 7.11 Å². The Kier molecular flexibility index (Phi) is 6.84. The average molecular weight is 309 g/mol. The molecule has 5 nitrogen and oxygen atoms in total. The standard InChI is InChI=1S/C17H27NO4/c1-11(2)18(12(3)4)15(16(19)17(20)22-6)13-7-9-14(21-5)10-8-13/h7-12,15-16,19H,1-6H3. The van der Waals surface area contributed by atoms with Gasteiger partial charge in [0.1, 0.15) is 5.75 Å². The number of nitrogens with zero attached hydrogens (tertiary/aromatic N) is 1. The molecule has 2 atom stereocenters. The van der Waals surface area contributed by atoms with Gasteiger partial charge in [0.15, 0.2) is 6.10 Å². The Bertz CT molecular complexity index is 462. The number of carbonyl (C=O) groups excluding carboxylic acids is 1. The lowest BCUT2D eigenvalue weighted by Crippen LogP contribution is -2.47. The topological polar surface area (TPSA) is 59.0 Å². The normalized spacial score (nSPS) is 14.3. The summed E-state index contributed by atoms with van der Waals surface area (Å²) in [6.45, 7) is 8.17. The Morgan fingerprint density at radius 1 is 1.05 bits per heavy atom. The van der Waals surface area contributed by atoms with Crippen molar-refractivity contribution in [1.29, 1.82) is 0 Å². The number of ether oxygens (including phenoxy) is 2. The Morgan fingerprint density at radius 3 is 1.91 bits per heavy atom. The molecular formula is C17H27NO4. The molecule has 0 aromatic heterocycles. The van der Waals surface area contributed by atoms with E-state index in [4.69, 9.17) is 9.47 Å². The van der Waals surface area contributed by atoms with Gasteiger partial charge in [0, 0.05) is 12.1 Å². The molecule has 1 aromatic carbocycles. The molecule has 1 aromatic rings. The molecule has 0 saturated carbocycles. The second kappa shape index (κ2) is 8.15. The maximum atomic E-state index is 11.9. The van der Waals surface area contributed by atoms with Gasteiger partial charge in [0.2, 0.25) is 0 Å². The minimum Gasteiger partial charge on any atom is -0.497 e. The predicted octanol–water partition coefficient (Wildman–Crippen LogP) is 2.39. The molecule has 0 fully saturated rings. The van der Waals surface area contributed by atoms with Crippen LogP contribution in [0.2, 0.25) is 0 Å². The predicted molar refractivity (Wildman–Crippen MR) is 85.9 cm³/mol. The highest BCUT2D eigenvalue weighted by Crippen LogP contribution is 2.30. The van der Waals surface area contributed by atoms with E-state index in [2.05, 4.69) is 4.90 Å². The summed E-state index contributed by atoms with van der Waals surface area (Å²) in [6.07, 6.45) is -1.25. The quantitative estimate of drug-likeness (QED) is 0.784. The number of hydrogen-bond acceptors (Lipinski definition) is 5. The van der Waals surface area contributed by atoms with Crippen molar-refractivity contribution in [2.75, 3.05) is 14.2 Å². The highest BCUT2D eigenvalue weighted by atomic mass is 16.5. The molecule has 5 heteroatoms. The Hall–Kier alpha value is -1.59. The van der Waals surface area contributed by atoms with Gasteiger partial charge in [-0.2, -0.15) is 0 Å². The largest absolute Gasteiger partial charge is 0.497 e. The lowest BCUT2D eigenvalue weighted by molar-refractivity contribution is -0.155. The second-order valence-corrected chi connectivity index (χ2v) is 5.82. The van der Waals surface area contributed by atoms with Gasteiger partial charge < -0.3 is 14.6 Å². The number of benzene rings is 1. The van der Waals surface area contributed by atoms with E-state index in [-0.39, 0.29) is 12.1 Å². The van der Waals surface area contributed by atoms with Crippen LogP contribution in [0.3, 0.4) is 0 Å². The molecule has 0 amide bonds. The van der Waals surface area contributed by atoms with E-state index in [1.165, 1.54) is 7.11 Å². The van der Waals surface area contributed by atoms with E-state index in [9.17, 15) is 9.90 Å². The summed E-state index contributed by atoms with van der Waals surface area (Å²) in [5.74, 6) is 0.0998. The van der Waals surface area contributed by atoms with Gasteiger partial charge >= 0.3 is 5.97 Å². The fourth-order valence-electron chi connectivity index (χ4n) is 2.81. The number of aliphatic hydroxyl groups is 1. The maximum absolute atomic E-state index is 11.9. The number of rotatable bonds is 7. The van der Waals surface area contributed by atoms with Crippen LogP contribution in [-0.2, 0) is 9.53 Å². The highest BCUT2D eigenvalue weighted by molar-refractivity contribution is 5.75. The SMILES string of the molecule is COC(=O)C(O)C(c1ccc(OC)cc1)N(C(C)C)C(C)C. The van der Waals surface area contributed by atoms with Gasteiger partial charge in [-0.15, -0.1) is 0 Å². The van der Waals surface area contributed by atoms with Gasteiger partial charge in [0.25, 0.3) is 0 Å². The first-order chi connectivity index (χ1) is 10.3. The Morgan fingerprint density at radius 2 is 1.55 bits per heavy atom. The highest BCUT2D eigenvalue weighted by Gasteiger charge is 2.35. The first kappa shape index (κ1) is 18.5. The molecule has 0 saturated heterocycles. The lowest BCUT2D eigenvalue weighted by Gasteiger charge is -2.40. The second-order valence-electron chi connectivity index (χ2n) is 5.82. The number of hydrogen-bond donors (Lipinski definition) is 1. The fourth-order valence-corrected chi connectivity index (χ4v) is 2.81. The number of esters is 1. The fraction of sp³-hybridized carbons (Fsp3) is 0.588. The van der Waals surface area contributed by atoms with Crippen molar-refractivity contribution in [2.45, 2.75) is 51.9 Å². The van der Waals surface area contributed by atoms with Crippen LogP contribution < -0.4 is 4.74 Å². The molecule has 22 heavy (non-hydrogen) atoms. The lowest BCUT2D eigenvalue weighted by atomic mass is 9.96. The molecule has 0 aliphatic heterocycles. The zero-order valence-corrected chi connectivity index (χ0v) is 14.2. The van der Waals surface area contributed by atoms with Gasteiger partial charge in [-0.25, -0.2) is 4.79 Å². The number of methoxy groups -OCH3 is 2.